The van der Waals surface area contributed by atoms with Crippen molar-refractivity contribution in [2.75, 3.05) is 6.54 Å². The average molecular weight is 286 g/mol. The van der Waals surface area contributed by atoms with E-state index in [0.29, 0.717) is 5.92 Å². The van der Waals surface area contributed by atoms with Gasteiger partial charge in [-0.1, -0.05) is 29.8 Å². The van der Waals surface area contributed by atoms with Crippen LogP contribution < -0.4 is 5.32 Å². The Morgan fingerprint density at radius 1 is 1.25 bits per heavy atom. The number of aryl methyl sites for hydroxylation is 2. The molecule has 0 aliphatic heterocycles. The molecule has 1 fully saturated rings. The van der Waals surface area contributed by atoms with Crippen LogP contribution >= 0.6 is 11.3 Å². The maximum Gasteiger partial charge on any atom is 0.0897 e. The molecule has 2 nitrogen and oxygen atoms in total. The summed E-state index contributed by atoms with van der Waals surface area (Å²) >= 11 is 1.75. The van der Waals surface area contributed by atoms with Crippen molar-refractivity contribution in [3.8, 4) is 0 Å². The predicted molar refractivity (Wildman–Crippen MR) is 85.5 cm³/mol. The Labute approximate surface area is 125 Å². The lowest BCUT2D eigenvalue weighted by Crippen LogP contribution is -2.25. The van der Waals surface area contributed by atoms with Crippen molar-refractivity contribution in [2.45, 2.75) is 45.1 Å². The lowest BCUT2D eigenvalue weighted by Gasteiger charge is -2.17. The Balaban J connectivity index is 1.73. The first-order valence-electron chi connectivity index (χ1n) is 7.41. The van der Waals surface area contributed by atoms with Crippen LogP contribution in [-0.4, -0.2) is 17.6 Å². The van der Waals surface area contributed by atoms with E-state index in [2.05, 4.69) is 53.8 Å². The number of thiazole rings is 1. The minimum Gasteiger partial charge on any atom is -0.313 e. The van der Waals surface area contributed by atoms with Gasteiger partial charge >= 0.3 is 0 Å². The molecule has 1 atom stereocenters. The molecule has 1 aromatic carbocycles. The number of nitrogens with one attached hydrogen (secondary N) is 1. The molecule has 1 unspecified atom stereocenters. The third-order valence-corrected chi connectivity index (χ3v) is 4.72. The number of rotatable bonds is 6. The number of hydrogen-bond donors (Lipinski definition) is 1. The molecular weight excluding hydrogens is 264 g/mol. The van der Waals surface area contributed by atoms with E-state index in [4.69, 9.17) is 0 Å². The van der Waals surface area contributed by atoms with Crippen molar-refractivity contribution >= 4 is 11.3 Å². The third-order valence-electron chi connectivity index (χ3n) is 3.90. The summed E-state index contributed by atoms with van der Waals surface area (Å²) in [5.41, 5.74) is 3.98. The van der Waals surface area contributed by atoms with Gasteiger partial charge in [0.15, 0.2) is 0 Å². The lowest BCUT2D eigenvalue weighted by atomic mass is 9.93. The van der Waals surface area contributed by atoms with E-state index in [1.54, 1.807) is 11.3 Å². The maximum absolute atomic E-state index is 4.63. The van der Waals surface area contributed by atoms with E-state index in [1.165, 1.54) is 29.7 Å². The van der Waals surface area contributed by atoms with Gasteiger partial charge in [-0.05, 0) is 38.7 Å². The van der Waals surface area contributed by atoms with Crippen LogP contribution in [0, 0.1) is 13.8 Å². The molecule has 3 rings (SSSR count). The quantitative estimate of drug-likeness (QED) is 0.873. The average Bonchev–Trinajstić information content (AvgIpc) is 3.18. The van der Waals surface area contributed by atoms with Crippen LogP contribution in [0.25, 0.3) is 0 Å². The van der Waals surface area contributed by atoms with E-state index in [1.807, 2.05) is 0 Å². The highest BCUT2D eigenvalue weighted by atomic mass is 32.1. The van der Waals surface area contributed by atoms with Crippen LogP contribution in [0.3, 0.4) is 0 Å². The summed E-state index contributed by atoms with van der Waals surface area (Å²) in [7, 11) is 0. The first-order valence-corrected chi connectivity index (χ1v) is 8.29. The van der Waals surface area contributed by atoms with Crippen molar-refractivity contribution in [1.82, 2.24) is 10.3 Å². The first-order chi connectivity index (χ1) is 9.70. The predicted octanol–water partition coefficient (Wildman–Crippen LogP) is 3.84. The lowest BCUT2D eigenvalue weighted by molar-refractivity contribution is 0.573. The van der Waals surface area contributed by atoms with Crippen LogP contribution in [0.5, 0.6) is 0 Å². The summed E-state index contributed by atoms with van der Waals surface area (Å²) in [6, 6.07) is 9.74. The molecule has 0 spiro atoms. The van der Waals surface area contributed by atoms with Gasteiger partial charge in [0.25, 0.3) is 0 Å². The summed E-state index contributed by atoms with van der Waals surface area (Å²) in [5, 5.41) is 7.04. The van der Waals surface area contributed by atoms with Crippen molar-refractivity contribution in [2.24, 2.45) is 0 Å². The normalized spacial score (nSPS) is 16.3. The molecule has 1 saturated carbocycles. The summed E-state index contributed by atoms with van der Waals surface area (Å²) in [6.07, 6.45) is 3.72. The number of benzene rings is 1. The van der Waals surface area contributed by atoms with Gasteiger partial charge in [0.1, 0.15) is 0 Å². The van der Waals surface area contributed by atoms with Crippen molar-refractivity contribution < 1.29 is 0 Å². The minimum absolute atomic E-state index is 0.526. The van der Waals surface area contributed by atoms with E-state index in [0.717, 1.165) is 24.0 Å². The molecule has 0 radical (unpaired) electrons. The van der Waals surface area contributed by atoms with E-state index < -0.39 is 0 Å². The Morgan fingerprint density at radius 3 is 2.60 bits per heavy atom. The van der Waals surface area contributed by atoms with Gasteiger partial charge < -0.3 is 5.32 Å². The number of aromatic nitrogens is 1. The van der Waals surface area contributed by atoms with Crippen LogP contribution in [-0.2, 0) is 6.42 Å². The minimum atomic E-state index is 0.526. The van der Waals surface area contributed by atoms with Crippen molar-refractivity contribution in [3.05, 3.63) is 51.5 Å². The molecule has 1 N–H and O–H groups in total. The molecule has 3 heteroatoms. The Bertz CT molecular complexity index is 555. The fourth-order valence-corrected chi connectivity index (χ4v) is 3.12. The zero-order valence-electron chi connectivity index (χ0n) is 12.2. The summed E-state index contributed by atoms with van der Waals surface area (Å²) in [4.78, 5) is 4.63. The SMILES string of the molecule is Cc1ccc(C(CNC2CC2)Cc2csc(C)n2)cc1. The van der Waals surface area contributed by atoms with E-state index in [-0.39, 0.29) is 0 Å². The largest absolute Gasteiger partial charge is 0.313 e. The molecule has 1 aliphatic carbocycles. The van der Waals surface area contributed by atoms with Gasteiger partial charge in [-0.3, -0.25) is 0 Å². The second-order valence-corrected chi connectivity index (χ2v) is 6.91. The number of hydrogen-bond acceptors (Lipinski definition) is 3. The maximum atomic E-state index is 4.63. The van der Waals surface area contributed by atoms with Crippen LogP contribution in [0.1, 0.15) is 40.6 Å². The summed E-state index contributed by atoms with van der Waals surface area (Å²) < 4.78 is 0. The zero-order chi connectivity index (χ0) is 13.9. The fourth-order valence-electron chi connectivity index (χ4n) is 2.50. The Kier molecular flexibility index (Phi) is 4.18. The van der Waals surface area contributed by atoms with Gasteiger partial charge in [0.2, 0.25) is 0 Å². The monoisotopic (exact) mass is 286 g/mol. The fraction of sp³-hybridized carbons (Fsp3) is 0.471. The van der Waals surface area contributed by atoms with Gasteiger partial charge in [-0.15, -0.1) is 11.3 Å². The molecular formula is C17H22N2S. The molecule has 0 saturated heterocycles. The van der Waals surface area contributed by atoms with Crippen LogP contribution in [0.4, 0.5) is 0 Å². The highest BCUT2D eigenvalue weighted by Crippen LogP contribution is 2.25. The first kappa shape index (κ1) is 13.8. The summed E-state index contributed by atoms with van der Waals surface area (Å²) in [5.74, 6) is 0.526. The second kappa shape index (κ2) is 6.06. The second-order valence-electron chi connectivity index (χ2n) is 5.85. The molecule has 1 aliphatic rings. The van der Waals surface area contributed by atoms with Gasteiger partial charge in [-0.2, -0.15) is 0 Å². The Hall–Kier alpha value is -1.19. The topological polar surface area (TPSA) is 24.9 Å². The highest BCUT2D eigenvalue weighted by Gasteiger charge is 2.23. The molecule has 0 amide bonds. The van der Waals surface area contributed by atoms with Crippen molar-refractivity contribution in [1.29, 1.82) is 0 Å². The molecule has 20 heavy (non-hydrogen) atoms. The van der Waals surface area contributed by atoms with Gasteiger partial charge in [-0.25, -0.2) is 4.98 Å². The smallest absolute Gasteiger partial charge is 0.0897 e. The summed E-state index contributed by atoms with van der Waals surface area (Å²) in [6.45, 7) is 5.28. The van der Waals surface area contributed by atoms with Gasteiger partial charge in [0, 0.05) is 23.9 Å². The van der Waals surface area contributed by atoms with E-state index in [9.17, 15) is 0 Å². The molecule has 106 valence electrons. The molecule has 1 heterocycles. The highest BCUT2D eigenvalue weighted by molar-refractivity contribution is 7.09. The molecule has 2 aromatic rings. The standard InChI is InChI=1S/C17H22N2S/c1-12-3-5-14(6-4-12)15(10-18-16-7-8-16)9-17-11-20-13(2)19-17/h3-6,11,15-16,18H,7-10H2,1-2H3. The third kappa shape index (κ3) is 3.68. The molecule has 1 aromatic heterocycles. The van der Waals surface area contributed by atoms with Crippen molar-refractivity contribution in [3.63, 3.8) is 0 Å². The van der Waals surface area contributed by atoms with Crippen LogP contribution in [0.2, 0.25) is 0 Å². The molecule has 0 bridgehead atoms. The Morgan fingerprint density at radius 2 is 2.00 bits per heavy atom. The number of nitrogens with zero attached hydrogens (tertiary/aromatic N) is 1. The zero-order valence-corrected chi connectivity index (χ0v) is 13.0. The van der Waals surface area contributed by atoms with Crippen LogP contribution in [0.15, 0.2) is 29.6 Å². The van der Waals surface area contributed by atoms with E-state index >= 15 is 0 Å². The van der Waals surface area contributed by atoms with Gasteiger partial charge in [0.05, 0.1) is 10.7 Å².